The minimum Gasteiger partial charge on any atom is -0.455 e. The summed E-state index contributed by atoms with van der Waals surface area (Å²) >= 11 is 0. The van der Waals surface area contributed by atoms with Gasteiger partial charge < -0.3 is 9.73 Å². The lowest BCUT2D eigenvalue weighted by Gasteiger charge is -2.14. The molecule has 0 saturated carbocycles. The second-order valence-corrected chi connectivity index (χ2v) is 8.45. The van der Waals surface area contributed by atoms with Crippen molar-refractivity contribution in [3.05, 3.63) is 54.0 Å². The van der Waals surface area contributed by atoms with E-state index in [1.54, 1.807) is 36.4 Å². The first-order chi connectivity index (χ1) is 12.5. The molecule has 1 N–H and O–H groups in total. The van der Waals surface area contributed by atoms with Gasteiger partial charge in [-0.25, -0.2) is 8.42 Å². The molecule has 0 bridgehead atoms. The third kappa shape index (κ3) is 5.73. The molecule has 0 aliphatic heterocycles. The Kier molecular flexibility index (Phi) is 7.45. The number of carbonyl (C=O) groups is 1. The van der Waals surface area contributed by atoms with Crippen molar-refractivity contribution < 1.29 is 17.6 Å². The maximum Gasteiger partial charge on any atom is 0.287 e. The van der Waals surface area contributed by atoms with E-state index in [1.807, 2.05) is 0 Å². The van der Waals surface area contributed by atoms with Gasteiger partial charge in [-0.15, -0.1) is 0 Å². The van der Waals surface area contributed by atoms with Crippen LogP contribution in [-0.2, 0) is 15.6 Å². The zero-order valence-electron chi connectivity index (χ0n) is 15.4. The normalized spacial score (nSPS) is 12.7. The van der Waals surface area contributed by atoms with Crippen molar-refractivity contribution in [2.45, 2.75) is 50.2 Å². The number of unbranched alkanes of at least 4 members (excludes halogenated alkanes) is 1. The summed E-state index contributed by atoms with van der Waals surface area (Å²) in [6.45, 7) is 4.87. The van der Waals surface area contributed by atoms with Gasteiger partial charge in [0.25, 0.3) is 5.91 Å². The van der Waals surface area contributed by atoms with Gasteiger partial charge in [-0.05, 0) is 36.6 Å². The standard InChI is InChI=1S/C20H27NO4S/c1-3-5-9-16(4-2)14-21-20(22)19-13-12-17(25-19)15-26(23,24)18-10-7-6-8-11-18/h6-8,10-13,16H,3-5,9,14-15H2,1-2H3,(H,21,22). The van der Waals surface area contributed by atoms with Crippen LogP contribution in [0.25, 0.3) is 0 Å². The van der Waals surface area contributed by atoms with Crippen molar-refractivity contribution in [1.82, 2.24) is 5.32 Å². The maximum atomic E-state index is 12.4. The highest BCUT2D eigenvalue weighted by atomic mass is 32.2. The van der Waals surface area contributed by atoms with Crippen molar-refractivity contribution in [1.29, 1.82) is 0 Å². The molecule has 2 rings (SSSR count). The Morgan fingerprint density at radius 2 is 1.85 bits per heavy atom. The van der Waals surface area contributed by atoms with E-state index >= 15 is 0 Å². The summed E-state index contributed by atoms with van der Waals surface area (Å²) in [7, 11) is -3.49. The molecule has 1 heterocycles. The number of rotatable bonds is 10. The largest absolute Gasteiger partial charge is 0.455 e. The Morgan fingerprint density at radius 3 is 2.50 bits per heavy atom. The molecular formula is C20H27NO4S. The number of benzene rings is 1. The Hall–Kier alpha value is -2.08. The molecule has 0 saturated heterocycles. The van der Waals surface area contributed by atoms with Crippen LogP contribution in [0.2, 0.25) is 0 Å². The second kappa shape index (κ2) is 9.57. The van der Waals surface area contributed by atoms with Crippen LogP contribution in [0.3, 0.4) is 0 Å². The summed E-state index contributed by atoms with van der Waals surface area (Å²) in [6, 6.07) is 11.3. The lowest BCUT2D eigenvalue weighted by molar-refractivity contribution is 0.0916. The first-order valence-electron chi connectivity index (χ1n) is 9.11. The van der Waals surface area contributed by atoms with Gasteiger partial charge in [0.2, 0.25) is 0 Å². The van der Waals surface area contributed by atoms with Crippen molar-refractivity contribution in [2.75, 3.05) is 6.54 Å². The van der Waals surface area contributed by atoms with Crippen molar-refractivity contribution in [3.8, 4) is 0 Å². The van der Waals surface area contributed by atoms with Crippen LogP contribution in [0.15, 0.2) is 51.8 Å². The molecule has 5 nitrogen and oxygen atoms in total. The monoisotopic (exact) mass is 377 g/mol. The molecule has 0 fully saturated rings. The van der Waals surface area contributed by atoms with Crippen LogP contribution in [0.1, 0.15) is 55.8 Å². The summed E-state index contributed by atoms with van der Waals surface area (Å²) in [5, 5.41) is 2.88. The molecule has 2 aromatic rings. The molecule has 0 radical (unpaired) electrons. The Morgan fingerprint density at radius 1 is 1.12 bits per heavy atom. The van der Waals surface area contributed by atoms with Crippen LogP contribution >= 0.6 is 0 Å². The molecule has 1 amide bonds. The van der Waals surface area contributed by atoms with Crippen LogP contribution in [0, 0.1) is 5.92 Å². The molecule has 0 spiro atoms. The van der Waals surface area contributed by atoms with Crippen molar-refractivity contribution >= 4 is 15.7 Å². The minimum atomic E-state index is -3.49. The quantitative estimate of drug-likeness (QED) is 0.673. The van der Waals surface area contributed by atoms with Crippen molar-refractivity contribution in [3.63, 3.8) is 0 Å². The molecule has 0 aliphatic rings. The summed E-state index contributed by atoms with van der Waals surface area (Å²) in [4.78, 5) is 12.5. The number of hydrogen-bond donors (Lipinski definition) is 1. The zero-order chi connectivity index (χ0) is 19.0. The molecule has 1 atom stereocenters. The van der Waals surface area contributed by atoms with E-state index in [0.717, 1.165) is 25.7 Å². The van der Waals surface area contributed by atoms with Gasteiger partial charge in [0.15, 0.2) is 15.6 Å². The highest BCUT2D eigenvalue weighted by Gasteiger charge is 2.19. The maximum absolute atomic E-state index is 12.4. The lowest BCUT2D eigenvalue weighted by Crippen LogP contribution is -2.28. The fraction of sp³-hybridized carbons (Fsp3) is 0.450. The summed E-state index contributed by atoms with van der Waals surface area (Å²) in [5.41, 5.74) is 0. The van der Waals surface area contributed by atoms with E-state index in [4.69, 9.17) is 4.42 Å². The molecule has 1 aromatic heterocycles. The minimum absolute atomic E-state index is 0.147. The predicted octanol–water partition coefficient (Wildman–Crippen LogP) is 4.20. The van der Waals surface area contributed by atoms with Crippen LogP contribution < -0.4 is 5.32 Å². The topological polar surface area (TPSA) is 76.4 Å². The SMILES string of the molecule is CCCCC(CC)CNC(=O)c1ccc(CS(=O)(=O)c2ccccc2)o1. The van der Waals surface area contributed by atoms with Crippen LogP contribution in [0.5, 0.6) is 0 Å². The molecule has 1 unspecified atom stereocenters. The highest BCUT2D eigenvalue weighted by molar-refractivity contribution is 7.90. The first-order valence-corrected chi connectivity index (χ1v) is 10.8. The number of hydrogen-bond acceptors (Lipinski definition) is 4. The lowest BCUT2D eigenvalue weighted by atomic mass is 9.99. The smallest absolute Gasteiger partial charge is 0.287 e. The van der Waals surface area contributed by atoms with E-state index in [0.29, 0.717) is 12.5 Å². The highest BCUT2D eigenvalue weighted by Crippen LogP contribution is 2.18. The number of amides is 1. The molecule has 26 heavy (non-hydrogen) atoms. The number of furan rings is 1. The number of carbonyl (C=O) groups excluding carboxylic acids is 1. The van der Waals surface area contributed by atoms with E-state index in [1.165, 1.54) is 6.07 Å². The summed E-state index contributed by atoms with van der Waals surface area (Å²) in [6.07, 6.45) is 4.39. The van der Waals surface area contributed by atoms with E-state index < -0.39 is 9.84 Å². The molecule has 0 aliphatic carbocycles. The van der Waals surface area contributed by atoms with Crippen LogP contribution in [-0.4, -0.2) is 20.9 Å². The van der Waals surface area contributed by atoms with Gasteiger partial charge in [0.1, 0.15) is 11.5 Å². The van der Waals surface area contributed by atoms with Crippen LogP contribution in [0.4, 0.5) is 0 Å². The van der Waals surface area contributed by atoms with Gasteiger partial charge >= 0.3 is 0 Å². The third-order valence-corrected chi connectivity index (χ3v) is 6.07. The van der Waals surface area contributed by atoms with Gasteiger partial charge in [0.05, 0.1) is 4.90 Å². The van der Waals surface area contributed by atoms with E-state index in [2.05, 4.69) is 19.2 Å². The Bertz CT molecular complexity index is 796. The number of sulfone groups is 1. The molecule has 142 valence electrons. The zero-order valence-corrected chi connectivity index (χ0v) is 16.2. The van der Waals surface area contributed by atoms with Crippen molar-refractivity contribution in [2.24, 2.45) is 5.92 Å². The summed E-state index contributed by atoms with van der Waals surface area (Å²) in [5.74, 6) is 0.291. The molecule has 6 heteroatoms. The fourth-order valence-electron chi connectivity index (χ4n) is 2.74. The third-order valence-electron chi connectivity index (χ3n) is 4.41. The van der Waals surface area contributed by atoms with Gasteiger partial charge in [-0.1, -0.05) is 51.3 Å². The van der Waals surface area contributed by atoms with Gasteiger partial charge in [0, 0.05) is 6.54 Å². The second-order valence-electron chi connectivity index (χ2n) is 6.46. The van der Waals surface area contributed by atoms with E-state index in [-0.39, 0.29) is 28.1 Å². The fourth-order valence-corrected chi connectivity index (χ4v) is 4.01. The Labute approximate surface area is 155 Å². The molecule has 1 aromatic carbocycles. The Balaban J connectivity index is 1.95. The predicted molar refractivity (Wildman–Crippen MR) is 102 cm³/mol. The number of nitrogens with one attached hydrogen (secondary N) is 1. The van der Waals surface area contributed by atoms with E-state index in [9.17, 15) is 13.2 Å². The van der Waals surface area contributed by atoms with Gasteiger partial charge in [-0.3, -0.25) is 4.79 Å². The summed E-state index contributed by atoms with van der Waals surface area (Å²) < 4.78 is 30.2. The first kappa shape index (κ1) is 20.2. The average molecular weight is 378 g/mol. The van der Waals surface area contributed by atoms with Gasteiger partial charge in [-0.2, -0.15) is 0 Å². The molecular weight excluding hydrogens is 350 g/mol. The average Bonchev–Trinajstić information content (AvgIpc) is 3.10.